The van der Waals surface area contributed by atoms with Crippen molar-refractivity contribution in [2.24, 2.45) is 0 Å². The highest BCUT2D eigenvalue weighted by molar-refractivity contribution is 5.70. The van der Waals surface area contributed by atoms with Gasteiger partial charge >= 0.3 is 6.04 Å². The minimum absolute atomic E-state index is 0.0692. The molecule has 0 unspecified atom stereocenters. The van der Waals surface area contributed by atoms with Crippen LogP contribution in [0.1, 0.15) is 12.8 Å². The van der Waals surface area contributed by atoms with Crippen molar-refractivity contribution in [3.8, 4) is 0 Å². The summed E-state index contributed by atoms with van der Waals surface area (Å²) in [5.74, 6) is 0. The van der Waals surface area contributed by atoms with Crippen molar-refractivity contribution in [2.45, 2.75) is 12.8 Å². The van der Waals surface area contributed by atoms with Gasteiger partial charge in [0.1, 0.15) is 0 Å². The van der Waals surface area contributed by atoms with Crippen LogP contribution >= 0.6 is 0 Å². The van der Waals surface area contributed by atoms with Crippen LogP contribution in [0.25, 0.3) is 0 Å². The molecular weight excluding hydrogens is 271 g/mol. The molecule has 0 spiro atoms. The van der Waals surface area contributed by atoms with Crippen LogP contribution in [0.15, 0.2) is 0 Å². The van der Waals surface area contributed by atoms with E-state index in [1.807, 2.05) is 4.90 Å². The van der Waals surface area contributed by atoms with Crippen LogP contribution in [-0.4, -0.2) is 106 Å². The number of likely N-dealkylation sites (N-methyl/N-ethyl adjacent to an activating group) is 3. The lowest BCUT2D eigenvalue weighted by Crippen LogP contribution is -2.39. The summed E-state index contributed by atoms with van der Waals surface area (Å²) in [5.41, 5.74) is 0. The van der Waals surface area contributed by atoms with Crippen molar-refractivity contribution in [1.82, 2.24) is 19.6 Å². The lowest BCUT2D eigenvalue weighted by Gasteiger charge is -2.27. The summed E-state index contributed by atoms with van der Waals surface area (Å²) in [6.07, 6.45) is 2.11. The predicted octanol–water partition coefficient (Wildman–Crippen LogP) is 0.374. The van der Waals surface area contributed by atoms with Crippen LogP contribution in [0.3, 0.4) is 0 Å². The van der Waals surface area contributed by atoms with Gasteiger partial charge in [-0.05, 0) is 60.2 Å². The molecule has 0 atom stereocenters. The third-order valence-corrected chi connectivity index (χ3v) is 4.10. The van der Waals surface area contributed by atoms with Crippen molar-refractivity contribution in [2.75, 3.05) is 80.0 Å². The number of nitrogens with zero attached hydrogens (tertiary/aromatic N) is 4. The zero-order valence-electron chi connectivity index (χ0n) is 13.9. The van der Waals surface area contributed by atoms with Crippen molar-refractivity contribution < 1.29 is 9.18 Å². The Labute approximate surface area is 128 Å². The molecule has 1 aliphatic heterocycles. The summed E-state index contributed by atoms with van der Waals surface area (Å²) in [6.45, 7) is 7.60. The monoisotopic (exact) mass is 302 g/mol. The summed E-state index contributed by atoms with van der Waals surface area (Å²) in [6, 6.07) is -1.23. The second-order valence-electron chi connectivity index (χ2n) is 6.25. The number of hydrogen-bond acceptors (Lipinski definition) is 5. The van der Waals surface area contributed by atoms with E-state index >= 15 is 0 Å². The van der Waals surface area contributed by atoms with E-state index in [-0.39, 0.29) is 6.54 Å². The average molecular weight is 302 g/mol. The van der Waals surface area contributed by atoms with E-state index in [4.69, 9.17) is 0 Å². The van der Waals surface area contributed by atoms with Crippen molar-refractivity contribution in [1.29, 1.82) is 0 Å². The Morgan fingerprint density at radius 1 is 0.762 bits per heavy atom. The fourth-order valence-corrected chi connectivity index (χ4v) is 2.61. The van der Waals surface area contributed by atoms with Gasteiger partial charge < -0.3 is 14.7 Å². The first-order valence-corrected chi connectivity index (χ1v) is 7.93. The second kappa shape index (κ2) is 10.2. The van der Waals surface area contributed by atoms with Gasteiger partial charge in [0, 0.05) is 26.2 Å². The maximum Gasteiger partial charge on any atom is 0.315 e. The summed E-state index contributed by atoms with van der Waals surface area (Å²) in [4.78, 5) is 19.6. The Bertz CT molecular complexity index is 303. The molecule has 0 bridgehead atoms. The molecule has 1 fully saturated rings. The van der Waals surface area contributed by atoms with Crippen LogP contribution in [-0.2, 0) is 4.79 Å². The van der Waals surface area contributed by atoms with Gasteiger partial charge in [-0.1, -0.05) is 0 Å². The summed E-state index contributed by atoms with van der Waals surface area (Å²) in [7, 11) is 6.39. The quantitative estimate of drug-likeness (QED) is 0.688. The lowest BCUT2D eigenvalue weighted by atomic mass is 10.3. The number of carbonyl (C=O) groups is 1. The van der Waals surface area contributed by atoms with Crippen LogP contribution in [0.4, 0.5) is 4.39 Å². The van der Waals surface area contributed by atoms with Gasteiger partial charge in [0.05, 0.1) is 6.54 Å². The van der Waals surface area contributed by atoms with Gasteiger partial charge in [-0.15, -0.1) is 0 Å². The SMILES string of the molecule is CN1CCCN(C)CCN(CC(=O)F)CCCN(C)CC1. The van der Waals surface area contributed by atoms with E-state index in [1.165, 1.54) is 0 Å². The standard InChI is InChI=1S/C15H31FN4O/c1-17-6-4-7-19(3)12-13-20(14-15(16)21)9-5-8-18(2)11-10-17/h4-14H2,1-3H3. The third kappa shape index (κ3) is 9.14. The number of carbonyl (C=O) groups excluding carboxylic acids is 1. The Morgan fingerprint density at radius 2 is 1.19 bits per heavy atom. The lowest BCUT2D eigenvalue weighted by molar-refractivity contribution is -0.130. The highest BCUT2D eigenvalue weighted by Gasteiger charge is 2.12. The molecule has 21 heavy (non-hydrogen) atoms. The van der Waals surface area contributed by atoms with E-state index < -0.39 is 6.04 Å². The Kier molecular flexibility index (Phi) is 8.99. The highest BCUT2D eigenvalue weighted by Crippen LogP contribution is 1.99. The smallest absolute Gasteiger partial charge is 0.305 e. The molecule has 6 heteroatoms. The molecule has 0 radical (unpaired) electrons. The number of rotatable bonds is 2. The minimum atomic E-state index is -1.23. The number of halogens is 1. The summed E-state index contributed by atoms with van der Waals surface area (Å²) in [5, 5.41) is 0. The minimum Gasteiger partial charge on any atom is -0.305 e. The van der Waals surface area contributed by atoms with Crippen LogP contribution in [0.5, 0.6) is 0 Å². The molecule has 1 heterocycles. The van der Waals surface area contributed by atoms with E-state index in [2.05, 4.69) is 35.8 Å². The molecule has 1 rings (SSSR count). The second-order valence-corrected chi connectivity index (χ2v) is 6.25. The van der Waals surface area contributed by atoms with Gasteiger partial charge in [0.2, 0.25) is 0 Å². The molecular formula is C15H31FN4O. The van der Waals surface area contributed by atoms with Crippen LogP contribution in [0, 0.1) is 0 Å². The Hall–Kier alpha value is -0.560. The zero-order chi connectivity index (χ0) is 15.7. The van der Waals surface area contributed by atoms with Crippen molar-refractivity contribution in [3.63, 3.8) is 0 Å². The molecule has 0 aromatic heterocycles. The predicted molar refractivity (Wildman–Crippen MR) is 84.3 cm³/mol. The first-order chi connectivity index (χ1) is 9.97. The van der Waals surface area contributed by atoms with Crippen LogP contribution < -0.4 is 0 Å². The average Bonchev–Trinajstić information content (AvgIpc) is 2.41. The van der Waals surface area contributed by atoms with Gasteiger partial charge in [0.25, 0.3) is 0 Å². The fourth-order valence-electron chi connectivity index (χ4n) is 2.61. The normalized spacial score (nSPS) is 23.8. The van der Waals surface area contributed by atoms with Gasteiger partial charge in [-0.25, -0.2) is 0 Å². The van der Waals surface area contributed by atoms with Gasteiger partial charge in [-0.3, -0.25) is 9.69 Å². The molecule has 124 valence electrons. The molecule has 5 nitrogen and oxygen atoms in total. The molecule has 0 amide bonds. The first kappa shape index (κ1) is 18.5. The maximum atomic E-state index is 12.7. The third-order valence-electron chi connectivity index (χ3n) is 4.10. The Morgan fingerprint density at radius 3 is 1.67 bits per heavy atom. The van der Waals surface area contributed by atoms with Gasteiger partial charge in [0.15, 0.2) is 0 Å². The molecule has 0 aromatic carbocycles. The molecule has 0 saturated carbocycles. The topological polar surface area (TPSA) is 30.0 Å². The molecule has 1 saturated heterocycles. The number of hydrogen-bond donors (Lipinski definition) is 0. The van der Waals surface area contributed by atoms with Crippen molar-refractivity contribution >= 4 is 6.04 Å². The summed E-state index contributed by atoms with van der Waals surface area (Å²) >= 11 is 0. The zero-order valence-corrected chi connectivity index (χ0v) is 13.9. The van der Waals surface area contributed by atoms with Gasteiger partial charge in [-0.2, -0.15) is 4.39 Å². The van der Waals surface area contributed by atoms with E-state index in [9.17, 15) is 9.18 Å². The molecule has 0 aliphatic carbocycles. The van der Waals surface area contributed by atoms with E-state index in [1.54, 1.807) is 0 Å². The highest BCUT2D eigenvalue weighted by atomic mass is 19.1. The molecule has 0 aromatic rings. The molecule has 0 N–H and O–H groups in total. The maximum absolute atomic E-state index is 12.7. The summed E-state index contributed by atoms with van der Waals surface area (Å²) < 4.78 is 12.7. The first-order valence-electron chi connectivity index (χ1n) is 7.93. The van der Waals surface area contributed by atoms with E-state index in [0.29, 0.717) is 0 Å². The van der Waals surface area contributed by atoms with Crippen LogP contribution in [0.2, 0.25) is 0 Å². The fraction of sp³-hybridized carbons (Fsp3) is 0.933. The molecule has 1 aliphatic rings. The van der Waals surface area contributed by atoms with Crippen molar-refractivity contribution in [3.05, 3.63) is 0 Å². The van der Waals surface area contributed by atoms with E-state index in [0.717, 1.165) is 65.2 Å². The largest absolute Gasteiger partial charge is 0.315 e. The Balaban J connectivity index is 2.50.